The minimum absolute atomic E-state index is 0.190. The highest BCUT2D eigenvalue weighted by atomic mass is 19.2. The third-order valence-electron chi connectivity index (χ3n) is 3.52. The second-order valence-corrected chi connectivity index (χ2v) is 5.32. The number of unbranched alkanes of at least 4 members (excludes halogenated alkanes) is 1. The first-order valence-corrected chi connectivity index (χ1v) is 7.63. The van der Waals surface area contributed by atoms with Crippen molar-refractivity contribution < 1.29 is 22.7 Å². The largest absolute Gasteiger partial charge is 0.462 e. The zero-order valence-corrected chi connectivity index (χ0v) is 13.5. The van der Waals surface area contributed by atoms with Gasteiger partial charge in [0.25, 0.3) is 0 Å². The Labute approximate surface area is 138 Å². The van der Waals surface area contributed by atoms with E-state index < -0.39 is 29.0 Å². The average Bonchev–Trinajstić information content (AvgIpc) is 2.58. The van der Waals surface area contributed by atoms with Gasteiger partial charge >= 0.3 is 5.97 Å². The first-order chi connectivity index (χ1) is 11.5. The first kappa shape index (κ1) is 17.8. The number of halogens is 3. The van der Waals surface area contributed by atoms with Gasteiger partial charge in [0, 0.05) is 11.6 Å². The summed E-state index contributed by atoms with van der Waals surface area (Å²) in [7, 11) is 0. The smallest absolute Gasteiger partial charge is 0.340 e. The molecule has 2 aromatic carbocycles. The van der Waals surface area contributed by atoms with Crippen LogP contribution in [-0.2, 0) is 4.74 Å². The van der Waals surface area contributed by atoms with Gasteiger partial charge in [-0.2, -0.15) is 0 Å². The van der Waals surface area contributed by atoms with Crippen molar-refractivity contribution in [1.29, 1.82) is 0 Å². The van der Waals surface area contributed by atoms with Crippen LogP contribution in [0.25, 0.3) is 0 Å². The molecule has 0 bridgehead atoms. The topological polar surface area (TPSA) is 38.3 Å². The molecular weight excluding hydrogens is 319 g/mol. The molecule has 0 radical (unpaired) electrons. The number of ether oxygens (including phenoxy) is 1. The molecule has 0 aliphatic carbocycles. The van der Waals surface area contributed by atoms with E-state index >= 15 is 0 Å². The van der Waals surface area contributed by atoms with Crippen molar-refractivity contribution in [3.05, 3.63) is 58.9 Å². The normalized spacial score (nSPS) is 10.5. The number of anilines is 2. The number of rotatable bonds is 6. The minimum atomic E-state index is -1.23. The van der Waals surface area contributed by atoms with Crippen LogP contribution in [0.1, 0.15) is 35.7 Å². The van der Waals surface area contributed by atoms with E-state index in [1.807, 2.05) is 6.92 Å². The second kappa shape index (κ2) is 7.86. The van der Waals surface area contributed by atoms with Crippen LogP contribution in [-0.4, -0.2) is 12.6 Å². The number of carbonyl (C=O) groups excluding carboxylic acids is 1. The number of benzene rings is 2. The highest BCUT2D eigenvalue weighted by Crippen LogP contribution is 2.28. The molecule has 0 aromatic heterocycles. The summed E-state index contributed by atoms with van der Waals surface area (Å²) in [6, 6.07) is 7.04. The van der Waals surface area contributed by atoms with Crippen LogP contribution in [0.15, 0.2) is 30.3 Å². The predicted molar refractivity (Wildman–Crippen MR) is 86.0 cm³/mol. The van der Waals surface area contributed by atoms with Gasteiger partial charge in [-0.05, 0) is 25.5 Å². The number of nitrogens with one attached hydrogen (secondary N) is 1. The Hall–Kier alpha value is -2.50. The van der Waals surface area contributed by atoms with E-state index in [0.29, 0.717) is 0 Å². The van der Waals surface area contributed by atoms with Gasteiger partial charge in [-0.15, -0.1) is 0 Å². The van der Waals surface area contributed by atoms with Gasteiger partial charge in [-0.3, -0.25) is 0 Å². The lowest BCUT2D eigenvalue weighted by Gasteiger charge is -2.14. The van der Waals surface area contributed by atoms with Crippen molar-refractivity contribution in [3.8, 4) is 0 Å². The third kappa shape index (κ3) is 3.88. The Balaban J connectivity index is 2.30. The van der Waals surface area contributed by atoms with Crippen LogP contribution in [0.5, 0.6) is 0 Å². The van der Waals surface area contributed by atoms with E-state index in [9.17, 15) is 18.0 Å². The van der Waals surface area contributed by atoms with Crippen molar-refractivity contribution in [2.75, 3.05) is 11.9 Å². The van der Waals surface area contributed by atoms with Gasteiger partial charge in [0.15, 0.2) is 17.5 Å². The number of hydrogen-bond donors (Lipinski definition) is 1. The second-order valence-electron chi connectivity index (χ2n) is 5.32. The molecule has 2 rings (SSSR count). The molecule has 24 heavy (non-hydrogen) atoms. The summed E-state index contributed by atoms with van der Waals surface area (Å²) >= 11 is 0. The Morgan fingerprint density at radius 2 is 1.83 bits per heavy atom. The molecule has 0 spiro atoms. The Morgan fingerprint density at radius 1 is 1.12 bits per heavy atom. The van der Waals surface area contributed by atoms with Gasteiger partial charge in [-0.25, -0.2) is 18.0 Å². The van der Waals surface area contributed by atoms with Crippen LogP contribution in [0, 0.1) is 24.4 Å². The van der Waals surface area contributed by atoms with Crippen molar-refractivity contribution in [3.63, 3.8) is 0 Å². The molecular formula is C18H18F3NO2. The van der Waals surface area contributed by atoms with E-state index in [-0.39, 0.29) is 23.5 Å². The summed E-state index contributed by atoms with van der Waals surface area (Å²) < 4.78 is 46.1. The fourth-order valence-corrected chi connectivity index (χ4v) is 2.12. The summed E-state index contributed by atoms with van der Waals surface area (Å²) in [5.41, 5.74) is -0.237. The lowest BCUT2D eigenvalue weighted by molar-refractivity contribution is 0.0501. The monoisotopic (exact) mass is 337 g/mol. The number of carbonyl (C=O) groups is 1. The summed E-state index contributed by atoms with van der Waals surface area (Å²) in [5, 5.41) is 2.64. The van der Waals surface area contributed by atoms with E-state index in [2.05, 4.69) is 5.32 Å². The lowest BCUT2D eigenvalue weighted by Crippen LogP contribution is -2.10. The third-order valence-corrected chi connectivity index (χ3v) is 3.52. The van der Waals surface area contributed by atoms with Crippen molar-refractivity contribution in [2.45, 2.75) is 26.7 Å². The highest BCUT2D eigenvalue weighted by molar-refractivity contribution is 5.96. The van der Waals surface area contributed by atoms with Crippen LogP contribution in [0.4, 0.5) is 24.5 Å². The number of para-hydroxylation sites is 1. The molecule has 0 unspecified atom stereocenters. The predicted octanol–water partition coefficient (Wildman–Crippen LogP) is 5.11. The van der Waals surface area contributed by atoms with Crippen LogP contribution in [0.3, 0.4) is 0 Å². The highest BCUT2D eigenvalue weighted by Gasteiger charge is 2.18. The first-order valence-electron chi connectivity index (χ1n) is 7.63. The van der Waals surface area contributed by atoms with E-state index in [0.717, 1.165) is 25.8 Å². The zero-order chi connectivity index (χ0) is 17.7. The zero-order valence-electron chi connectivity index (χ0n) is 13.5. The van der Waals surface area contributed by atoms with E-state index in [4.69, 9.17) is 4.74 Å². The maximum atomic E-state index is 14.1. The standard InChI is InChI=1S/C18H18F3NO2/c1-3-4-9-24-18(23)12-7-5-6-8-14(12)22-15-10-13(19)16(20)11(2)17(15)21/h5-8,10,22H,3-4,9H2,1-2H3. The average molecular weight is 337 g/mol. The lowest BCUT2D eigenvalue weighted by atomic mass is 10.1. The molecule has 0 heterocycles. The number of hydrogen-bond acceptors (Lipinski definition) is 3. The van der Waals surface area contributed by atoms with Gasteiger partial charge in [0.1, 0.15) is 0 Å². The molecule has 128 valence electrons. The van der Waals surface area contributed by atoms with Gasteiger partial charge < -0.3 is 10.1 Å². The quantitative estimate of drug-likeness (QED) is 0.452. The van der Waals surface area contributed by atoms with E-state index in [1.165, 1.54) is 12.1 Å². The summed E-state index contributed by atoms with van der Waals surface area (Å²) in [4.78, 5) is 12.1. The van der Waals surface area contributed by atoms with Crippen molar-refractivity contribution in [1.82, 2.24) is 0 Å². The molecule has 6 heteroatoms. The van der Waals surface area contributed by atoms with Gasteiger partial charge in [0.2, 0.25) is 0 Å². The van der Waals surface area contributed by atoms with Crippen LogP contribution >= 0.6 is 0 Å². The van der Waals surface area contributed by atoms with Crippen molar-refractivity contribution in [2.24, 2.45) is 0 Å². The van der Waals surface area contributed by atoms with E-state index in [1.54, 1.807) is 12.1 Å². The molecule has 0 saturated heterocycles. The maximum absolute atomic E-state index is 14.1. The molecule has 0 aliphatic heterocycles. The minimum Gasteiger partial charge on any atom is -0.462 e. The molecule has 0 aliphatic rings. The molecule has 0 saturated carbocycles. The van der Waals surface area contributed by atoms with Crippen LogP contribution in [0.2, 0.25) is 0 Å². The van der Waals surface area contributed by atoms with Gasteiger partial charge in [-0.1, -0.05) is 25.5 Å². The maximum Gasteiger partial charge on any atom is 0.340 e. The molecule has 3 nitrogen and oxygen atoms in total. The molecule has 0 atom stereocenters. The molecule has 2 aromatic rings. The SMILES string of the molecule is CCCCOC(=O)c1ccccc1Nc1cc(F)c(F)c(C)c1F. The fourth-order valence-electron chi connectivity index (χ4n) is 2.12. The fraction of sp³-hybridized carbons (Fsp3) is 0.278. The van der Waals surface area contributed by atoms with Crippen LogP contribution < -0.4 is 5.32 Å². The number of esters is 1. The van der Waals surface area contributed by atoms with Crippen molar-refractivity contribution >= 4 is 17.3 Å². The molecule has 1 N–H and O–H groups in total. The summed E-state index contributed by atoms with van der Waals surface area (Å²) in [5.74, 6) is -3.88. The Morgan fingerprint density at radius 3 is 2.54 bits per heavy atom. The Kier molecular flexibility index (Phi) is 5.84. The summed E-state index contributed by atoms with van der Waals surface area (Å²) in [6.45, 7) is 3.39. The molecule has 0 fully saturated rings. The summed E-state index contributed by atoms with van der Waals surface area (Å²) in [6.07, 6.45) is 1.62. The Bertz CT molecular complexity index is 747. The van der Waals surface area contributed by atoms with Gasteiger partial charge in [0.05, 0.1) is 23.5 Å². The molecule has 0 amide bonds.